The second-order valence-corrected chi connectivity index (χ2v) is 4.39. The minimum atomic E-state index is -4.04. The van der Waals surface area contributed by atoms with Gasteiger partial charge in [0.05, 0.1) is 5.92 Å². The molecule has 0 spiro atoms. The molecule has 1 rings (SSSR count). The van der Waals surface area contributed by atoms with Gasteiger partial charge in [0.25, 0.3) is 0 Å². The minimum Gasteiger partial charge on any atom is -0.317 e. The Kier molecular flexibility index (Phi) is 5.55. The van der Waals surface area contributed by atoms with Gasteiger partial charge in [-0.1, -0.05) is 13.3 Å². The van der Waals surface area contributed by atoms with Gasteiger partial charge in [-0.15, -0.1) is 0 Å². The van der Waals surface area contributed by atoms with Crippen LogP contribution in [0, 0.1) is 5.92 Å². The number of unbranched alkanes of at least 4 members (excludes halogenated alkanes) is 1. The van der Waals surface area contributed by atoms with Gasteiger partial charge in [0, 0.05) is 6.04 Å². The second kappa shape index (κ2) is 6.45. The Labute approximate surface area is 95.0 Å². The number of hydrogen-bond acceptors (Lipinski definition) is 2. The highest BCUT2D eigenvalue weighted by atomic mass is 19.4. The van der Waals surface area contributed by atoms with E-state index >= 15 is 0 Å². The van der Waals surface area contributed by atoms with Gasteiger partial charge >= 0.3 is 6.18 Å². The first-order valence-corrected chi connectivity index (χ1v) is 6.06. The molecule has 2 N–H and O–H groups in total. The lowest BCUT2D eigenvalue weighted by molar-refractivity contribution is -0.176. The van der Waals surface area contributed by atoms with Crippen molar-refractivity contribution in [3.05, 3.63) is 0 Å². The summed E-state index contributed by atoms with van der Waals surface area (Å²) in [5.74, 6) is -1.15. The molecule has 1 aliphatic heterocycles. The van der Waals surface area contributed by atoms with E-state index in [1.165, 1.54) is 0 Å². The van der Waals surface area contributed by atoms with Crippen molar-refractivity contribution in [1.82, 2.24) is 10.6 Å². The highest BCUT2D eigenvalue weighted by Gasteiger charge is 2.46. The molecule has 0 amide bonds. The smallest absolute Gasteiger partial charge is 0.317 e. The molecule has 1 aliphatic rings. The zero-order chi connectivity index (χ0) is 12.0. The van der Waals surface area contributed by atoms with Gasteiger partial charge in [0.1, 0.15) is 0 Å². The van der Waals surface area contributed by atoms with Gasteiger partial charge < -0.3 is 10.6 Å². The molecule has 1 fully saturated rings. The number of hydrogen-bond donors (Lipinski definition) is 2. The molecule has 1 heterocycles. The molecule has 2 nitrogen and oxygen atoms in total. The van der Waals surface area contributed by atoms with E-state index in [2.05, 4.69) is 17.6 Å². The number of nitrogens with one attached hydrogen (secondary N) is 2. The zero-order valence-electron chi connectivity index (χ0n) is 9.74. The first-order chi connectivity index (χ1) is 7.55. The van der Waals surface area contributed by atoms with Crippen LogP contribution in [0.2, 0.25) is 0 Å². The number of rotatable bonds is 6. The first-order valence-electron chi connectivity index (χ1n) is 6.06. The molecule has 5 heteroatoms. The number of alkyl halides is 3. The highest BCUT2D eigenvalue weighted by molar-refractivity contribution is 4.88. The van der Waals surface area contributed by atoms with E-state index in [4.69, 9.17) is 0 Å². The topological polar surface area (TPSA) is 24.1 Å². The maximum absolute atomic E-state index is 12.6. The third-order valence-electron chi connectivity index (χ3n) is 3.11. The molecule has 96 valence electrons. The summed E-state index contributed by atoms with van der Waals surface area (Å²) in [6.07, 6.45) is -1.06. The molecule has 0 aliphatic carbocycles. The molecular weight excluding hydrogens is 217 g/mol. The largest absolute Gasteiger partial charge is 0.393 e. The van der Waals surface area contributed by atoms with Crippen LogP contribution in [-0.2, 0) is 0 Å². The van der Waals surface area contributed by atoms with Crippen molar-refractivity contribution in [2.45, 2.75) is 44.8 Å². The van der Waals surface area contributed by atoms with E-state index < -0.39 is 18.1 Å². The molecule has 1 saturated heterocycles. The summed E-state index contributed by atoms with van der Waals surface area (Å²) in [5.41, 5.74) is 0. The van der Waals surface area contributed by atoms with Gasteiger partial charge in [0.2, 0.25) is 0 Å². The second-order valence-electron chi connectivity index (χ2n) is 4.39. The Balaban J connectivity index is 2.20. The fourth-order valence-electron chi connectivity index (χ4n) is 2.15. The van der Waals surface area contributed by atoms with Crippen molar-refractivity contribution in [1.29, 1.82) is 0 Å². The van der Waals surface area contributed by atoms with Crippen molar-refractivity contribution >= 4 is 0 Å². The lowest BCUT2D eigenvalue weighted by Gasteiger charge is -2.22. The van der Waals surface area contributed by atoms with Crippen LogP contribution in [0.4, 0.5) is 13.2 Å². The molecule has 0 aromatic rings. The maximum atomic E-state index is 12.6. The summed E-state index contributed by atoms with van der Waals surface area (Å²) in [6.45, 7) is 4.16. The van der Waals surface area contributed by atoms with Crippen LogP contribution in [0.5, 0.6) is 0 Å². The average Bonchev–Trinajstić information content (AvgIpc) is 2.65. The molecule has 0 aromatic carbocycles. The molecule has 0 saturated carbocycles. The summed E-state index contributed by atoms with van der Waals surface area (Å²) in [5, 5.41) is 6.12. The molecule has 2 unspecified atom stereocenters. The standard InChI is InChI=1S/C11H21F3N2/c1-2-3-6-15-7-5-10-9(4-8-16-10)11(12,13)14/h9-10,15-16H,2-8H2,1H3. The summed E-state index contributed by atoms with van der Waals surface area (Å²) in [6, 6.07) is -0.394. The van der Waals surface area contributed by atoms with Gasteiger partial charge in [-0.3, -0.25) is 0 Å². The zero-order valence-corrected chi connectivity index (χ0v) is 9.74. The van der Waals surface area contributed by atoms with Crippen molar-refractivity contribution < 1.29 is 13.2 Å². The van der Waals surface area contributed by atoms with Crippen molar-refractivity contribution in [3.63, 3.8) is 0 Å². The Morgan fingerprint density at radius 2 is 2.06 bits per heavy atom. The molecular formula is C11H21F3N2. The van der Waals surface area contributed by atoms with Gasteiger partial charge in [-0.25, -0.2) is 0 Å². The summed E-state index contributed by atoms with van der Waals surface area (Å²) >= 11 is 0. The van der Waals surface area contributed by atoms with E-state index in [-0.39, 0.29) is 6.42 Å². The van der Waals surface area contributed by atoms with Gasteiger partial charge in [-0.2, -0.15) is 13.2 Å². The van der Waals surface area contributed by atoms with Crippen LogP contribution in [0.1, 0.15) is 32.6 Å². The van der Waals surface area contributed by atoms with E-state index in [1.54, 1.807) is 0 Å². The average molecular weight is 238 g/mol. The van der Waals surface area contributed by atoms with Crippen molar-refractivity contribution in [3.8, 4) is 0 Å². The Morgan fingerprint density at radius 1 is 1.31 bits per heavy atom. The Morgan fingerprint density at radius 3 is 2.69 bits per heavy atom. The van der Waals surface area contributed by atoms with Crippen molar-refractivity contribution in [2.75, 3.05) is 19.6 Å². The Hall–Kier alpha value is -0.290. The molecule has 0 aromatic heterocycles. The summed E-state index contributed by atoms with van der Waals surface area (Å²) < 4.78 is 37.7. The van der Waals surface area contributed by atoms with Gasteiger partial charge in [0.15, 0.2) is 0 Å². The lowest BCUT2D eigenvalue weighted by atomic mass is 9.97. The molecule has 16 heavy (non-hydrogen) atoms. The monoisotopic (exact) mass is 238 g/mol. The molecule has 2 atom stereocenters. The van der Waals surface area contributed by atoms with Crippen LogP contribution in [0.3, 0.4) is 0 Å². The minimum absolute atomic E-state index is 0.225. The normalized spacial score (nSPS) is 26.2. The van der Waals surface area contributed by atoms with Crippen molar-refractivity contribution in [2.24, 2.45) is 5.92 Å². The fraction of sp³-hybridized carbons (Fsp3) is 1.00. The van der Waals surface area contributed by atoms with E-state index in [9.17, 15) is 13.2 Å². The van der Waals surface area contributed by atoms with E-state index in [0.29, 0.717) is 19.5 Å². The fourth-order valence-corrected chi connectivity index (χ4v) is 2.15. The third-order valence-corrected chi connectivity index (χ3v) is 3.11. The quantitative estimate of drug-likeness (QED) is 0.694. The van der Waals surface area contributed by atoms with Crippen LogP contribution in [0.25, 0.3) is 0 Å². The number of halogens is 3. The highest BCUT2D eigenvalue weighted by Crippen LogP contribution is 2.35. The lowest BCUT2D eigenvalue weighted by Crippen LogP contribution is -2.37. The van der Waals surface area contributed by atoms with Crippen LogP contribution in [0.15, 0.2) is 0 Å². The predicted molar refractivity (Wildman–Crippen MR) is 58.3 cm³/mol. The summed E-state index contributed by atoms with van der Waals surface area (Å²) in [4.78, 5) is 0. The van der Waals surface area contributed by atoms with E-state index in [1.807, 2.05) is 0 Å². The SMILES string of the molecule is CCCCNCCC1NCCC1C(F)(F)F. The first kappa shape index (κ1) is 13.8. The molecule has 0 radical (unpaired) electrons. The molecule has 0 bridgehead atoms. The van der Waals surface area contributed by atoms with Crippen LogP contribution in [-0.4, -0.2) is 31.9 Å². The van der Waals surface area contributed by atoms with Gasteiger partial charge in [-0.05, 0) is 38.9 Å². The maximum Gasteiger partial charge on any atom is 0.393 e. The Bertz CT molecular complexity index is 194. The van der Waals surface area contributed by atoms with E-state index in [0.717, 1.165) is 19.4 Å². The third kappa shape index (κ3) is 4.29. The van der Waals surface area contributed by atoms with Crippen LogP contribution >= 0.6 is 0 Å². The predicted octanol–water partition coefficient (Wildman–Crippen LogP) is 2.31. The summed E-state index contributed by atoms with van der Waals surface area (Å²) in [7, 11) is 0. The van der Waals surface area contributed by atoms with Crippen LogP contribution < -0.4 is 10.6 Å².